The molecule has 8 heteroatoms. The van der Waals surface area contributed by atoms with Crippen LogP contribution < -0.4 is 10.6 Å². The van der Waals surface area contributed by atoms with Gasteiger partial charge in [0.1, 0.15) is 5.76 Å². The average Bonchev–Trinajstić information content (AvgIpc) is 3.09. The minimum Gasteiger partial charge on any atom is -0.444 e. The van der Waals surface area contributed by atoms with Crippen molar-refractivity contribution in [2.75, 3.05) is 59.5 Å². The number of aliphatic imine (C=N–C) groups is 1. The number of ether oxygens (including phenoxy) is 1. The number of aryl methyl sites for hydroxylation is 2. The van der Waals surface area contributed by atoms with E-state index in [1.54, 1.807) is 7.11 Å². The summed E-state index contributed by atoms with van der Waals surface area (Å²) in [7, 11) is 1.77. The number of hydrogen-bond acceptors (Lipinski definition) is 6. The van der Waals surface area contributed by atoms with E-state index >= 15 is 0 Å². The molecule has 2 saturated heterocycles. The molecular formula is C23H42N6O2. The molecule has 0 bridgehead atoms. The second-order valence-electron chi connectivity index (χ2n) is 8.94. The zero-order valence-electron chi connectivity index (χ0n) is 20.0. The van der Waals surface area contributed by atoms with E-state index in [1.807, 2.05) is 13.8 Å². The summed E-state index contributed by atoms with van der Waals surface area (Å²) in [5, 5.41) is 7.11. The molecule has 0 saturated carbocycles. The third kappa shape index (κ3) is 7.77. The number of nitrogens with zero attached hydrogens (tertiary/aromatic N) is 4. The van der Waals surface area contributed by atoms with E-state index in [0.29, 0.717) is 12.0 Å². The van der Waals surface area contributed by atoms with Crippen molar-refractivity contribution in [1.82, 2.24) is 25.4 Å². The van der Waals surface area contributed by atoms with Gasteiger partial charge in [0.2, 0.25) is 5.89 Å². The molecule has 3 rings (SSSR count). The molecule has 0 spiro atoms. The number of methoxy groups -OCH3 is 1. The average molecular weight is 435 g/mol. The lowest BCUT2D eigenvalue weighted by atomic mass is 9.97. The van der Waals surface area contributed by atoms with Crippen LogP contribution in [0.3, 0.4) is 0 Å². The van der Waals surface area contributed by atoms with Gasteiger partial charge in [0.25, 0.3) is 0 Å². The predicted molar refractivity (Wildman–Crippen MR) is 124 cm³/mol. The van der Waals surface area contributed by atoms with Crippen LogP contribution in [0.15, 0.2) is 9.41 Å². The van der Waals surface area contributed by atoms with Crippen molar-refractivity contribution < 1.29 is 9.15 Å². The lowest BCUT2D eigenvalue weighted by molar-refractivity contribution is 0.128. The number of nitrogens with one attached hydrogen (secondary N) is 2. The minimum atomic E-state index is 0.506. The maximum absolute atomic E-state index is 5.75. The van der Waals surface area contributed by atoms with Gasteiger partial charge in [-0.1, -0.05) is 0 Å². The smallest absolute Gasteiger partial charge is 0.208 e. The summed E-state index contributed by atoms with van der Waals surface area (Å²) in [6.45, 7) is 15.0. The van der Waals surface area contributed by atoms with Gasteiger partial charge in [0.05, 0.1) is 18.8 Å². The summed E-state index contributed by atoms with van der Waals surface area (Å²) in [6.07, 6.45) is 4.68. The summed E-state index contributed by atoms with van der Waals surface area (Å²) >= 11 is 0. The van der Waals surface area contributed by atoms with Crippen LogP contribution in [0.1, 0.15) is 50.0 Å². The van der Waals surface area contributed by atoms with E-state index in [-0.39, 0.29) is 0 Å². The zero-order valence-corrected chi connectivity index (χ0v) is 20.0. The summed E-state index contributed by atoms with van der Waals surface area (Å²) in [5.74, 6) is 3.41. The highest BCUT2D eigenvalue weighted by molar-refractivity contribution is 5.80. The van der Waals surface area contributed by atoms with Crippen LogP contribution in [0.25, 0.3) is 0 Å². The van der Waals surface area contributed by atoms with Crippen molar-refractivity contribution in [3.05, 3.63) is 17.3 Å². The molecule has 2 aliphatic heterocycles. The Labute approximate surface area is 187 Å². The van der Waals surface area contributed by atoms with Crippen LogP contribution in [0.2, 0.25) is 0 Å². The van der Waals surface area contributed by atoms with Crippen molar-refractivity contribution in [2.24, 2.45) is 10.9 Å². The second-order valence-corrected chi connectivity index (χ2v) is 8.94. The molecule has 0 unspecified atom stereocenters. The third-order valence-corrected chi connectivity index (χ3v) is 6.53. The number of likely N-dealkylation sites (tertiary alicyclic amines) is 2. The fourth-order valence-electron chi connectivity index (χ4n) is 4.38. The quantitative estimate of drug-likeness (QED) is 0.456. The number of guanidine groups is 1. The Bertz CT molecular complexity index is 656. The van der Waals surface area contributed by atoms with Crippen LogP contribution in [0.4, 0.5) is 0 Å². The predicted octanol–water partition coefficient (Wildman–Crippen LogP) is 2.17. The first-order valence-corrected chi connectivity index (χ1v) is 12.0. The molecule has 2 fully saturated rings. The minimum absolute atomic E-state index is 0.506. The van der Waals surface area contributed by atoms with Crippen LogP contribution in [0, 0.1) is 19.8 Å². The van der Waals surface area contributed by atoms with Gasteiger partial charge in [0.15, 0.2) is 5.96 Å². The fraction of sp³-hybridized carbons (Fsp3) is 0.826. The third-order valence-electron chi connectivity index (χ3n) is 6.53. The maximum atomic E-state index is 5.75. The molecule has 1 aromatic rings. The Balaban J connectivity index is 1.39. The summed E-state index contributed by atoms with van der Waals surface area (Å²) in [4.78, 5) is 14.4. The van der Waals surface area contributed by atoms with E-state index < -0.39 is 0 Å². The highest BCUT2D eigenvalue weighted by Gasteiger charge is 2.22. The summed E-state index contributed by atoms with van der Waals surface area (Å²) in [5.41, 5.74) is 1.00. The van der Waals surface area contributed by atoms with Crippen LogP contribution in [0.5, 0.6) is 0 Å². The van der Waals surface area contributed by atoms with Gasteiger partial charge in [-0.3, -0.25) is 9.89 Å². The number of piperidine rings is 2. The first-order chi connectivity index (χ1) is 15.1. The number of aromatic nitrogens is 1. The number of rotatable bonds is 9. The Kier molecular flexibility index (Phi) is 9.61. The van der Waals surface area contributed by atoms with Gasteiger partial charge in [0, 0.05) is 45.9 Å². The van der Waals surface area contributed by atoms with E-state index in [1.165, 1.54) is 12.8 Å². The molecule has 0 atom stereocenters. The van der Waals surface area contributed by atoms with Crippen LogP contribution >= 0.6 is 0 Å². The van der Waals surface area contributed by atoms with Gasteiger partial charge in [-0.2, -0.15) is 0 Å². The monoisotopic (exact) mass is 434 g/mol. The van der Waals surface area contributed by atoms with E-state index in [0.717, 1.165) is 95.1 Å². The normalized spacial score (nSPS) is 20.3. The van der Waals surface area contributed by atoms with Gasteiger partial charge >= 0.3 is 0 Å². The Morgan fingerprint density at radius 2 is 1.84 bits per heavy atom. The zero-order chi connectivity index (χ0) is 22.1. The topological polar surface area (TPSA) is 78.2 Å². The molecule has 1 aromatic heterocycles. The van der Waals surface area contributed by atoms with Crippen molar-refractivity contribution in [3.63, 3.8) is 0 Å². The molecule has 2 aliphatic rings. The number of oxazole rings is 1. The van der Waals surface area contributed by atoms with Crippen LogP contribution in [-0.4, -0.2) is 86.3 Å². The standard InChI is InChI=1S/C23H42N6O2/c1-5-24-23(27-21-8-12-28(13-9-21)14-15-30-4)25-16-20-6-10-29(11-7-20)17-22-26-18(2)19(3)31-22/h20-21H,5-17H2,1-4H3,(H2,24,25,27). The Hall–Kier alpha value is -1.64. The van der Waals surface area contributed by atoms with Gasteiger partial charge in [-0.05, 0) is 65.5 Å². The van der Waals surface area contributed by atoms with Gasteiger partial charge in [-0.15, -0.1) is 0 Å². The molecule has 176 valence electrons. The Morgan fingerprint density at radius 1 is 1.13 bits per heavy atom. The van der Waals surface area contributed by atoms with E-state index in [4.69, 9.17) is 14.1 Å². The molecule has 0 amide bonds. The molecular weight excluding hydrogens is 392 g/mol. The van der Waals surface area contributed by atoms with Crippen molar-refractivity contribution in [1.29, 1.82) is 0 Å². The van der Waals surface area contributed by atoms with Crippen molar-refractivity contribution in [2.45, 2.75) is 59.0 Å². The fourth-order valence-corrected chi connectivity index (χ4v) is 4.38. The second kappa shape index (κ2) is 12.4. The lowest BCUT2D eigenvalue weighted by Gasteiger charge is -2.33. The van der Waals surface area contributed by atoms with E-state index in [2.05, 4.69) is 32.3 Å². The maximum Gasteiger partial charge on any atom is 0.208 e. The molecule has 3 heterocycles. The highest BCUT2D eigenvalue weighted by Crippen LogP contribution is 2.20. The van der Waals surface area contributed by atoms with Gasteiger partial charge < -0.3 is 24.7 Å². The largest absolute Gasteiger partial charge is 0.444 e. The molecule has 0 radical (unpaired) electrons. The lowest BCUT2D eigenvalue weighted by Crippen LogP contribution is -2.49. The molecule has 0 aromatic carbocycles. The summed E-state index contributed by atoms with van der Waals surface area (Å²) < 4.78 is 10.9. The SMILES string of the molecule is CCNC(=NCC1CCN(Cc2nc(C)c(C)o2)CC1)NC1CCN(CCOC)CC1. The van der Waals surface area contributed by atoms with Gasteiger partial charge in [-0.25, -0.2) is 4.98 Å². The first-order valence-electron chi connectivity index (χ1n) is 12.0. The molecule has 8 nitrogen and oxygen atoms in total. The first kappa shape index (κ1) is 24.0. The molecule has 31 heavy (non-hydrogen) atoms. The van der Waals surface area contributed by atoms with Crippen molar-refractivity contribution in [3.8, 4) is 0 Å². The molecule has 2 N–H and O–H groups in total. The summed E-state index contributed by atoms with van der Waals surface area (Å²) in [6, 6.07) is 0.506. The Morgan fingerprint density at radius 3 is 2.45 bits per heavy atom. The van der Waals surface area contributed by atoms with Crippen molar-refractivity contribution >= 4 is 5.96 Å². The van der Waals surface area contributed by atoms with E-state index in [9.17, 15) is 0 Å². The van der Waals surface area contributed by atoms with Crippen LogP contribution in [-0.2, 0) is 11.3 Å². The highest BCUT2D eigenvalue weighted by atomic mass is 16.5. The number of hydrogen-bond donors (Lipinski definition) is 2. The molecule has 0 aliphatic carbocycles.